The second kappa shape index (κ2) is 6.88. The highest BCUT2D eigenvalue weighted by molar-refractivity contribution is 5.90. The van der Waals surface area contributed by atoms with Crippen LogP contribution < -0.4 is 0 Å². The van der Waals surface area contributed by atoms with Crippen molar-refractivity contribution in [3.63, 3.8) is 0 Å². The van der Waals surface area contributed by atoms with E-state index in [4.69, 9.17) is 0 Å². The standard InChI is InChI=1S/C27H41NO3/c1-15-4-7-25-27(3,31)21-6-5-17-18(20(21)14-28(25)13-15)11-22-19(17)12-24(30)23-10-16(29)8-9-26(22,23)2/h15,17-23,25,31H,4-14H2,1-3H3/t15-,17+,18+,19-,20+,21-,22-,23+,25-,26+,27-/m0/s1. The van der Waals surface area contributed by atoms with E-state index in [1.165, 1.54) is 19.3 Å². The molecule has 0 spiro atoms. The van der Waals surface area contributed by atoms with E-state index in [0.29, 0.717) is 66.0 Å². The van der Waals surface area contributed by atoms with Crippen LogP contribution in [0.3, 0.4) is 0 Å². The van der Waals surface area contributed by atoms with E-state index in [0.717, 1.165) is 44.7 Å². The quantitative estimate of drug-likeness (QED) is 0.632. The Morgan fingerprint density at radius 2 is 1.71 bits per heavy atom. The summed E-state index contributed by atoms with van der Waals surface area (Å²) >= 11 is 0. The largest absolute Gasteiger partial charge is 0.388 e. The first-order valence-corrected chi connectivity index (χ1v) is 13.2. The smallest absolute Gasteiger partial charge is 0.137 e. The monoisotopic (exact) mass is 427 g/mol. The van der Waals surface area contributed by atoms with E-state index in [1.54, 1.807) is 0 Å². The van der Waals surface area contributed by atoms with Gasteiger partial charge in [0.25, 0.3) is 0 Å². The van der Waals surface area contributed by atoms with Crippen molar-refractivity contribution in [1.82, 2.24) is 4.90 Å². The lowest BCUT2D eigenvalue weighted by atomic mass is 9.52. The first-order chi connectivity index (χ1) is 14.7. The summed E-state index contributed by atoms with van der Waals surface area (Å²) < 4.78 is 0. The van der Waals surface area contributed by atoms with Crippen LogP contribution in [0.5, 0.6) is 0 Å². The Morgan fingerprint density at radius 3 is 2.52 bits per heavy atom. The van der Waals surface area contributed by atoms with Crippen LogP contribution in [0.2, 0.25) is 0 Å². The van der Waals surface area contributed by atoms with E-state index < -0.39 is 5.60 Å². The van der Waals surface area contributed by atoms with Crippen molar-refractivity contribution in [2.24, 2.45) is 52.8 Å². The van der Waals surface area contributed by atoms with Gasteiger partial charge in [0.1, 0.15) is 11.6 Å². The summed E-state index contributed by atoms with van der Waals surface area (Å²) in [5.74, 6) is 4.81. The van der Waals surface area contributed by atoms with Gasteiger partial charge >= 0.3 is 0 Å². The predicted octanol–water partition coefficient (Wildman–Crippen LogP) is 4.09. The van der Waals surface area contributed by atoms with E-state index in [1.807, 2.05) is 0 Å². The van der Waals surface area contributed by atoms with Gasteiger partial charge in [0.15, 0.2) is 0 Å². The molecule has 4 aliphatic carbocycles. The molecule has 0 aromatic carbocycles. The molecule has 2 aliphatic heterocycles. The molecule has 172 valence electrons. The van der Waals surface area contributed by atoms with Crippen LogP contribution >= 0.6 is 0 Å². The fourth-order valence-corrected chi connectivity index (χ4v) is 10.2. The summed E-state index contributed by atoms with van der Waals surface area (Å²) in [6.45, 7) is 9.15. The van der Waals surface area contributed by atoms with Crippen LogP contribution in [-0.2, 0) is 9.59 Å². The van der Waals surface area contributed by atoms with Crippen molar-refractivity contribution in [1.29, 1.82) is 0 Å². The average Bonchev–Trinajstić information content (AvgIpc) is 3.09. The van der Waals surface area contributed by atoms with E-state index in [-0.39, 0.29) is 11.3 Å². The minimum absolute atomic E-state index is 0.0206. The molecule has 31 heavy (non-hydrogen) atoms. The number of piperidine rings is 2. The Bertz CT molecular complexity index is 791. The molecular weight excluding hydrogens is 386 g/mol. The maximum atomic E-state index is 13.2. The molecule has 0 amide bonds. The lowest BCUT2D eigenvalue weighted by Crippen LogP contribution is -2.67. The number of hydrogen-bond acceptors (Lipinski definition) is 4. The number of fused-ring (bicyclic) bond motifs is 8. The number of hydrogen-bond donors (Lipinski definition) is 1. The van der Waals surface area contributed by atoms with Gasteiger partial charge in [-0.25, -0.2) is 0 Å². The Labute approximate surface area is 187 Å². The zero-order valence-electron chi connectivity index (χ0n) is 19.7. The fourth-order valence-electron chi connectivity index (χ4n) is 10.2. The van der Waals surface area contributed by atoms with Crippen LogP contribution in [0.1, 0.15) is 78.6 Å². The molecule has 4 saturated carbocycles. The molecular formula is C27H41NO3. The van der Waals surface area contributed by atoms with Crippen LogP contribution in [0.25, 0.3) is 0 Å². The van der Waals surface area contributed by atoms with E-state index >= 15 is 0 Å². The van der Waals surface area contributed by atoms with Gasteiger partial charge in [-0.2, -0.15) is 0 Å². The van der Waals surface area contributed by atoms with Crippen LogP contribution in [-0.4, -0.2) is 46.3 Å². The molecule has 0 unspecified atom stereocenters. The second-order valence-corrected chi connectivity index (χ2v) is 13.0. The zero-order valence-corrected chi connectivity index (χ0v) is 19.7. The van der Waals surface area contributed by atoms with Crippen molar-refractivity contribution in [3.8, 4) is 0 Å². The van der Waals surface area contributed by atoms with Gasteiger partial charge in [0.2, 0.25) is 0 Å². The topological polar surface area (TPSA) is 57.6 Å². The molecule has 4 heteroatoms. The minimum Gasteiger partial charge on any atom is -0.388 e. The van der Waals surface area contributed by atoms with E-state index in [9.17, 15) is 14.7 Å². The van der Waals surface area contributed by atoms with Gasteiger partial charge in [-0.1, -0.05) is 13.8 Å². The Hall–Kier alpha value is -0.740. The van der Waals surface area contributed by atoms with Gasteiger partial charge in [0.05, 0.1) is 5.60 Å². The van der Waals surface area contributed by atoms with Crippen LogP contribution in [0.4, 0.5) is 0 Å². The van der Waals surface area contributed by atoms with E-state index in [2.05, 4.69) is 25.7 Å². The first kappa shape index (κ1) is 20.8. The number of carbonyl (C=O) groups is 2. The molecule has 0 bridgehead atoms. The van der Waals surface area contributed by atoms with Crippen molar-refractivity contribution in [2.45, 2.75) is 90.2 Å². The maximum absolute atomic E-state index is 13.2. The van der Waals surface area contributed by atoms with Gasteiger partial charge in [0, 0.05) is 44.3 Å². The maximum Gasteiger partial charge on any atom is 0.137 e. The molecule has 2 heterocycles. The molecule has 1 N–H and O–H groups in total. The Morgan fingerprint density at radius 1 is 0.903 bits per heavy atom. The van der Waals surface area contributed by atoms with Gasteiger partial charge in [-0.3, -0.25) is 14.5 Å². The molecule has 0 aromatic heterocycles. The molecule has 11 atom stereocenters. The van der Waals surface area contributed by atoms with Crippen molar-refractivity contribution < 1.29 is 14.7 Å². The number of nitrogens with zero attached hydrogens (tertiary/aromatic N) is 1. The normalized spacial score (nSPS) is 56.8. The van der Waals surface area contributed by atoms with Gasteiger partial charge in [-0.15, -0.1) is 0 Å². The fraction of sp³-hybridized carbons (Fsp3) is 0.926. The van der Waals surface area contributed by atoms with Crippen LogP contribution in [0.15, 0.2) is 0 Å². The summed E-state index contributed by atoms with van der Waals surface area (Å²) in [5, 5.41) is 11.8. The lowest BCUT2D eigenvalue weighted by molar-refractivity contribution is -0.175. The zero-order chi connectivity index (χ0) is 21.7. The Balaban J connectivity index is 1.31. The summed E-state index contributed by atoms with van der Waals surface area (Å²) in [5.41, 5.74) is -0.554. The molecule has 2 saturated heterocycles. The molecule has 6 fully saturated rings. The van der Waals surface area contributed by atoms with Crippen LogP contribution in [0, 0.1) is 52.8 Å². The number of Topliss-reactive ketones (excluding diaryl/α,β-unsaturated/α-hetero) is 2. The predicted molar refractivity (Wildman–Crippen MR) is 119 cm³/mol. The third-order valence-corrected chi connectivity index (χ3v) is 11.7. The molecule has 6 aliphatic rings. The molecule has 0 aromatic rings. The summed E-state index contributed by atoms with van der Waals surface area (Å²) in [6.07, 6.45) is 8.75. The minimum atomic E-state index is -0.582. The van der Waals surface area contributed by atoms with Gasteiger partial charge < -0.3 is 5.11 Å². The lowest BCUT2D eigenvalue weighted by Gasteiger charge is -2.59. The number of aliphatic hydroxyl groups is 1. The SMILES string of the molecule is C[C@H]1CC[C@@H]2N(C1)C[C@@H]1[C@@H]3C[C@H]4[C@@H](CC(=O)[C@H]5CC(=O)CC[C@@]54C)[C@@H]3CC[C@@H]1[C@]2(C)O. The number of carbonyl (C=O) groups excluding carboxylic acids is 2. The summed E-state index contributed by atoms with van der Waals surface area (Å²) in [6, 6.07) is 0.331. The summed E-state index contributed by atoms with van der Waals surface area (Å²) in [4.78, 5) is 28.0. The molecule has 0 radical (unpaired) electrons. The van der Waals surface area contributed by atoms with Crippen molar-refractivity contribution in [3.05, 3.63) is 0 Å². The highest BCUT2D eigenvalue weighted by atomic mass is 16.3. The highest BCUT2D eigenvalue weighted by Gasteiger charge is 2.64. The first-order valence-electron chi connectivity index (χ1n) is 13.2. The summed E-state index contributed by atoms with van der Waals surface area (Å²) in [7, 11) is 0. The molecule has 4 nitrogen and oxygen atoms in total. The third kappa shape index (κ3) is 2.86. The van der Waals surface area contributed by atoms with Crippen molar-refractivity contribution in [2.75, 3.05) is 13.1 Å². The second-order valence-electron chi connectivity index (χ2n) is 13.0. The third-order valence-electron chi connectivity index (χ3n) is 11.7. The van der Waals surface area contributed by atoms with Crippen molar-refractivity contribution >= 4 is 11.6 Å². The van der Waals surface area contributed by atoms with Gasteiger partial charge in [-0.05, 0) is 92.3 Å². The molecule has 6 rings (SSSR count). The highest BCUT2D eigenvalue weighted by Crippen LogP contribution is 2.66. The Kier molecular flexibility index (Phi) is 4.63. The number of rotatable bonds is 0. The number of ketones is 2. The average molecular weight is 428 g/mol.